The summed E-state index contributed by atoms with van der Waals surface area (Å²) in [6.07, 6.45) is 6.74. The summed E-state index contributed by atoms with van der Waals surface area (Å²) in [4.78, 5) is 11.5. The molecule has 4 rings (SSSR count). The first-order valence-electron chi connectivity index (χ1n) is 9.40. The Morgan fingerprint density at radius 1 is 0.765 bits per heavy atom. The minimum absolute atomic E-state index is 0.0556. The number of nitrogen functional groups attached to an aromatic ring is 1. The maximum atomic E-state index is 13.3. The van der Waals surface area contributed by atoms with Gasteiger partial charge in [-0.2, -0.15) is 4.99 Å². The number of aliphatic imine (C=N–C) groups is 1. The van der Waals surface area contributed by atoms with Gasteiger partial charge in [0, 0.05) is 24.8 Å². The van der Waals surface area contributed by atoms with Gasteiger partial charge in [0.1, 0.15) is 17.3 Å². The van der Waals surface area contributed by atoms with E-state index in [1.165, 1.54) is 12.1 Å². The second-order valence-corrected chi connectivity index (χ2v) is 8.29. The summed E-state index contributed by atoms with van der Waals surface area (Å²) in [7, 11) is 0. The van der Waals surface area contributed by atoms with Gasteiger partial charge in [0.2, 0.25) is 0 Å². The van der Waals surface area contributed by atoms with Crippen molar-refractivity contribution in [3.05, 3.63) is 97.1 Å². The van der Waals surface area contributed by atoms with Gasteiger partial charge >= 0.3 is 0 Å². The molecule has 0 radical (unpaired) electrons. The molecule has 10 heteroatoms. The third kappa shape index (κ3) is 9.02. The molecule has 4 nitrogen and oxygen atoms in total. The number of anilines is 1. The first kappa shape index (κ1) is 27.1. The standard InChI is InChI=1S/C12H7FN2S.C11H9FN2.CCl2S/c13-11-2-1-10(7-12(11)15-8-16)9-3-5-14-6-4-9;12-10-2-1-9(7-11(10)13)8-3-5-14-6-4-8;2-1(3)4/h1-7H;1-7H,13H2;. The van der Waals surface area contributed by atoms with Crippen molar-refractivity contribution in [3.8, 4) is 22.3 Å². The largest absolute Gasteiger partial charge is 0.396 e. The van der Waals surface area contributed by atoms with Crippen LogP contribution >= 0.6 is 47.6 Å². The van der Waals surface area contributed by atoms with E-state index in [2.05, 4.69) is 44.6 Å². The maximum Gasteiger partial charge on any atom is 0.169 e. The Morgan fingerprint density at radius 2 is 1.21 bits per heavy atom. The molecule has 34 heavy (non-hydrogen) atoms. The molecule has 0 aliphatic rings. The van der Waals surface area contributed by atoms with Gasteiger partial charge in [0.05, 0.1) is 10.8 Å². The van der Waals surface area contributed by atoms with Gasteiger partial charge in [0.15, 0.2) is 3.78 Å². The Balaban J connectivity index is 0.000000209. The van der Waals surface area contributed by atoms with E-state index in [9.17, 15) is 8.78 Å². The molecule has 0 aliphatic heterocycles. The lowest BCUT2D eigenvalue weighted by Gasteiger charge is -2.02. The average molecular weight is 533 g/mol. The lowest BCUT2D eigenvalue weighted by Crippen LogP contribution is -1.90. The number of hydrogen-bond acceptors (Lipinski definition) is 6. The van der Waals surface area contributed by atoms with E-state index in [0.717, 1.165) is 22.3 Å². The summed E-state index contributed by atoms with van der Waals surface area (Å²) in [6.45, 7) is 0. The van der Waals surface area contributed by atoms with E-state index in [-0.39, 0.29) is 21.0 Å². The molecule has 2 heterocycles. The minimum atomic E-state index is -0.407. The highest BCUT2D eigenvalue weighted by Gasteiger charge is 2.04. The SMILES string of the molecule is Fc1ccc(-c2ccncc2)cc1N=C=S.Nc1cc(-c2ccncc2)ccc1F.S=C(Cl)Cl. The quantitative estimate of drug-likeness (QED) is 0.126. The number of pyridine rings is 2. The monoisotopic (exact) mass is 532 g/mol. The second-order valence-electron chi connectivity index (χ2n) is 6.30. The number of nitrogens with two attached hydrogens (primary N) is 1. The normalized spacial score (nSPS) is 9.41. The van der Waals surface area contributed by atoms with Crippen LogP contribution in [0.1, 0.15) is 0 Å². The Hall–Kier alpha value is -3.13. The van der Waals surface area contributed by atoms with Crippen molar-refractivity contribution in [2.24, 2.45) is 4.99 Å². The molecule has 0 aliphatic carbocycles. The van der Waals surface area contributed by atoms with E-state index in [0.29, 0.717) is 0 Å². The summed E-state index contributed by atoms with van der Waals surface area (Å²) in [5.41, 5.74) is 9.53. The molecule has 0 bridgehead atoms. The van der Waals surface area contributed by atoms with Crippen molar-refractivity contribution >= 4 is 68.0 Å². The molecule has 0 unspecified atom stereocenters. The summed E-state index contributed by atoms with van der Waals surface area (Å²) in [6, 6.07) is 16.8. The van der Waals surface area contributed by atoms with E-state index < -0.39 is 5.82 Å². The predicted molar refractivity (Wildman–Crippen MR) is 143 cm³/mol. The second kappa shape index (κ2) is 14.2. The van der Waals surface area contributed by atoms with Crippen LogP contribution in [-0.4, -0.2) is 18.9 Å². The molecule has 0 spiro atoms. The lowest BCUT2D eigenvalue weighted by molar-refractivity contribution is 0.630. The molecule has 2 aromatic carbocycles. The van der Waals surface area contributed by atoms with E-state index in [4.69, 9.17) is 28.9 Å². The lowest BCUT2D eigenvalue weighted by atomic mass is 10.1. The Kier molecular flexibility index (Phi) is 11.3. The number of nitrogens with zero attached hydrogens (tertiary/aromatic N) is 3. The van der Waals surface area contributed by atoms with Crippen LogP contribution in [0.4, 0.5) is 20.2 Å². The highest BCUT2D eigenvalue weighted by Crippen LogP contribution is 2.26. The van der Waals surface area contributed by atoms with Gasteiger partial charge in [-0.3, -0.25) is 9.97 Å². The van der Waals surface area contributed by atoms with Crippen molar-refractivity contribution in [1.29, 1.82) is 0 Å². The summed E-state index contributed by atoms with van der Waals surface area (Å²) in [5, 5.41) is 2.16. The Labute approximate surface area is 216 Å². The number of thiocarbonyl (C=S) groups is 2. The molecule has 2 N–H and O–H groups in total. The van der Waals surface area contributed by atoms with Crippen molar-refractivity contribution in [1.82, 2.24) is 9.97 Å². The van der Waals surface area contributed by atoms with Crippen LogP contribution in [0.5, 0.6) is 0 Å². The molecule has 0 saturated carbocycles. The zero-order chi connectivity index (χ0) is 24.9. The first-order valence-corrected chi connectivity index (χ1v) is 11.0. The molecule has 4 aromatic rings. The fraction of sp³-hybridized carbons (Fsp3) is 0. The predicted octanol–water partition coefficient (Wildman–Crippen LogP) is 7.84. The third-order valence-electron chi connectivity index (χ3n) is 4.14. The van der Waals surface area contributed by atoms with Gasteiger partial charge in [-0.25, -0.2) is 8.78 Å². The molecule has 0 fully saturated rings. The highest BCUT2D eigenvalue weighted by atomic mass is 35.5. The van der Waals surface area contributed by atoms with Gasteiger partial charge < -0.3 is 5.73 Å². The zero-order valence-electron chi connectivity index (χ0n) is 17.3. The van der Waals surface area contributed by atoms with Crippen molar-refractivity contribution < 1.29 is 8.78 Å². The number of hydrogen-bond donors (Lipinski definition) is 1. The third-order valence-corrected chi connectivity index (χ3v) is 4.23. The number of aromatic nitrogens is 2. The zero-order valence-corrected chi connectivity index (χ0v) is 20.5. The smallest absolute Gasteiger partial charge is 0.169 e. The topological polar surface area (TPSA) is 64.2 Å². The maximum absolute atomic E-state index is 13.3. The van der Waals surface area contributed by atoms with E-state index in [1.807, 2.05) is 24.3 Å². The van der Waals surface area contributed by atoms with Crippen LogP contribution < -0.4 is 5.73 Å². The molecule has 0 atom stereocenters. The Bertz CT molecular complexity index is 1280. The average Bonchev–Trinajstić information content (AvgIpc) is 2.84. The molecule has 172 valence electrons. The van der Waals surface area contributed by atoms with Gasteiger partial charge in [-0.05, 0) is 83.0 Å². The van der Waals surface area contributed by atoms with Crippen LogP contribution in [0.15, 0.2) is 90.4 Å². The summed E-state index contributed by atoms with van der Waals surface area (Å²) >= 11 is 18.1. The van der Waals surface area contributed by atoms with Crippen molar-refractivity contribution in [2.45, 2.75) is 0 Å². The number of isothiocyanates is 1. The number of halogens is 4. The molecule has 0 saturated heterocycles. The van der Waals surface area contributed by atoms with Crippen molar-refractivity contribution in [2.75, 3.05) is 5.73 Å². The van der Waals surface area contributed by atoms with Gasteiger partial charge in [0.25, 0.3) is 0 Å². The first-order chi connectivity index (χ1) is 16.3. The van der Waals surface area contributed by atoms with Crippen LogP contribution in [0.3, 0.4) is 0 Å². The van der Waals surface area contributed by atoms with E-state index >= 15 is 0 Å². The molecule has 0 amide bonds. The highest BCUT2D eigenvalue weighted by molar-refractivity contribution is 7.86. The fourth-order valence-electron chi connectivity index (χ4n) is 2.64. The molecular weight excluding hydrogens is 517 g/mol. The van der Waals surface area contributed by atoms with Gasteiger partial charge in [-0.15, -0.1) is 0 Å². The Morgan fingerprint density at radius 3 is 1.65 bits per heavy atom. The van der Waals surface area contributed by atoms with Crippen LogP contribution in [0.25, 0.3) is 22.3 Å². The van der Waals surface area contributed by atoms with Crippen LogP contribution in [0.2, 0.25) is 0 Å². The summed E-state index contributed by atoms with van der Waals surface area (Å²) < 4.78 is 26.1. The summed E-state index contributed by atoms with van der Waals surface area (Å²) in [5.74, 6) is -0.794. The number of benzene rings is 2. The molecular formula is C24H16Cl2F2N4S2. The van der Waals surface area contributed by atoms with Crippen molar-refractivity contribution in [3.63, 3.8) is 0 Å². The van der Waals surface area contributed by atoms with Gasteiger partial charge in [-0.1, -0.05) is 47.6 Å². The minimum Gasteiger partial charge on any atom is -0.396 e. The van der Waals surface area contributed by atoms with E-state index in [1.54, 1.807) is 49.1 Å². The molecule has 2 aromatic heterocycles. The van der Waals surface area contributed by atoms with Crippen LogP contribution in [-0.2, 0) is 0 Å². The fourth-order valence-corrected chi connectivity index (χ4v) is 2.74. The van der Waals surface area contributed by atoms with Crippen LogP contribution in [0, 0.1) is 11.6 Å². The number of rotatable bonds is 3.